The van der Waals surface area contributed by atoms with Crippen LogP contribution in [0.2, 0.25) is 0 Å². The van der Waals surface area contributed by atoms with Gasteiger partial charge < -0.3 is 10.2 Å². The van der Waals surface area contributed by atoms with E-state index in [1.54, 1.807) is 6.92 Å². The Balaban J connectivity index is 2.78. The van der Waals surface area contributed by atoms with Crippen LogP contribution >= 0.6 is 11.8 Å². The SMILES string of the molecule is CSc1nnc([C@H](C)N)o1. The smallest absolute Gasteiger partial charge is 0.276 e. The molecule has 5 heteroatoms. The standard InChI is InChI=1S/C5H9N3OS/c1-3(6)4-7-8-5(9-4)10-2/h3H,6H2,1-2H3/t3-/m0/s1. The molecule has 0 saturated heterocycles. The van der Waals surface area contributed by atoms with Gasteiger partial charge in [0, 0.05) is 0 Å². The van der Waals surface area contributed by atoms with Crippen LogP contribution in [-0.2, 0) is 0 Å². The van der Waals surface area contributed by atoms with Crippen LogP contribution in [0.4, 0.5) is 0 Å². The lowest BCUT2D eigenvalue weighted by atomic mass is 10.4. The third-order valence-electron chi connectivity index (χ3n) is 0.986. The van der Waals surface area contributed by atoms with Crippen molar-refractivity contribution in [3.63, 3.8) is 0 Å². The molecular formula is C5H9N3OS. The Kier molecular flexibility index (Phi) is 2.29. The van der Waals surface area contributed by atoms with Crippen molar-refractivity contribution in [3.05, 3.63) is 5.89 Å². The molecule has 0 radical (unpaired) electrons. The maximum atomic E-state index is 5.48. The quantitative estimate of drug-likeness (QED) is 0.647. The van der Waals surface area contributed by atoms with E-state index in [2.05, 4.69) is 10.2 Å². The van der Waals surface area contributed by atoms with Crippen LogP contribution in [0.3, 0.4) is 0 Å². The normalized spacial score (nSPS) is 13.5. The summed E-state index contributed by atoms with van der Waals surface area (Å²) < 4.78 is 5.11. The van der Waals surface area contributed by atoms with Crippen molar-refractivity contribution in [2.45, 2.75) is 18.2 Å². The second-order valence-corrected chi connectivity index (χ2v) is 2.66. The second-order valence-electron chi connectivity index (χ2n) is 1.90. The van der Waals surface area contributed by atoms with Gasteiger partial charge in [-0.15, -0.1) is 10.2 Å². The molecule has 1 rings (SSSR count). The Morgan fingerprint density at radius 3 is 2.60 bits per heavy atom. The molecule has 0 unspecified atom stereocenters. The largest absolute Gasteiger partial charge is 0.414 e. The predicted octanol–water partition coefficient (Wildman–Crippen LogP) is 0.811. The first kappa shape index (κ1) is 7.56. The fourth-order valence-corrected chi connectivity index (χ4v) is 0.778. The van der Waals surface area contributed by atoms with Gasteiger partial charge in [0.2, 0.25) is 5.89 Å². The van der Waals surface area contributed by atoms with Gasteiger partial charge in [-0.25, -0.2) is 0 Å². The summed E-state index contributed by atoms with van der Waals surface area (Å²) in [4.78, 5) is 0. The molecule has 56 valence electrons. The van der Waals surface area contributed by atoms with Crippen LogP contribution in [0, 0.1) is 0 Å². The highest BCUT2D eigenvalue weighted by molar-refractivity contribution is 7.98. The molecule has 4 nitrogen and oxygen atoms in total. The molecule has 0 aromatic carbocycles. The first-order valence-corrected chi connectivity index (χ1v) is 4.09. The number of thioether (sulfide) groups is 1. The third-order valence-corrected chi connectivity index (χ3v) is 1.50. The van der Waals surface area contributed by atoms with E-state index >= 15 is 0 Å². The number of hydrogen-bond acceptors (Lipinski definition) is 5. The van der Waals surface area contributed by atoms with Crippen LogP contribution in [-0.4, -0.2) is 16.5 Å². The highest BCUT2D eigenvalue weighted by Crippen LogP contribution is 2.14. The zero-order valence-corrected chi connectivity index (χ0v) is 6.68. The van der Waals surface area contributed by atoms with Crippen molar-refractivity contribution in [1.82, 2.24) is 10.2 Å². The summed E-state index contributed by atoms with van der Waals surface area (Å²) in [5.74, 6) is 0.490. The van der Waals surface area contributed by atoms with Gasteiger partial charge in [0.15, 0.2) is 0 Å². The highest BCUT2D eigenvalue weighted by Gasteiger charge is 2.07. The first-order chi connectivity index (χ1) is 4.74. The molecule has 1 heterocycles. The summed E-state index contributed by atoms with van der Waals surface area (Å²) in [6.07, 6.45) is 1.87. The average Bonchev–Trinajstić information content (AvgIpc) is 2.34. The fraction of sp³-hybridized carbons (Fsp3) is 0.600. The van der Waals surface area contributed by atoms with Crippen LogP contribution in [0.1, 0.15) is 18.9 Å². The minimum atomic E-state index is -0.173. The summed E-state index contributed by atoms with van der Waals surface area (Å²) in [5.41, 5.74) is 5.48. The molecule has 0 aliphatic rings. The fourth-order valence-electron chi connectivity index (χ4n) is 0.487. The first-order valence-electron chi connectivity index (χ1n) is 2.87. The highest BCUT2D eigenvalue weighted by atomic mass is 32.2. The van der Waals surface area contributed by atoms with E-state index in [0.717, 1.165) is 0 Å². The molecule has 0 amide bonds. The molecule has 1 aromatic rings. The summed E-state index contributed by atoms with van der Waals surface area (Å²) in [7, 11) is 0. The van der Waals surface area contributed by atoms with Crippen LogP contribution in [0.15, 0.2) is 9.64 Å². The molecule has 0 spiro atoms. The molecule has 2 N–H and O–H groups in total. The molecule has 0 aliphatic carbocycles. The lowest BCUT2D eigenvalue weighted by Gasteiger charge is -1.93. The van der Waals surface area contributed by atoms with Crippen molar-refractivity contribution in [3.8, 4) is 0 Å². The van der Waals surface area contributed by atoms with Crippen molar-refractivity contribution in [1.29, 1.82) is 0 Å². The Hall–Kier alpha value is -0.550. The maximum absolute atomic E-state index is 5.48. The van der Waals surface area contributed by atoms with E-state index in [-0.39, 0.29) is 6.04 Å². The maximum Gasteiger partial charge on any atom is 0.276 e. The molecule has 10 heavy (non-hydrogen) atoms. The Bertz CT molecular complexity index is 210. The zero-order valence-electron chi connectivity index (χ0n) is 5.87. The summed E-state index contributed by atoms with van der Waals surface area (Å²) in [6, 6.07) is -0.173. The third kappa shape index (κ3) is 1.48. The molecule has 1 atom stereocenters. The van der Waals surface area contributed by atoms with Crippen LogP contribution < -0.4 is 5.73 Å². The van der Waals surface area contributed by atoms with Gasteiger partial charge in [-0.3, -0.25) is 0 Å². The van der Waals surface area contributed by atoms with Crippen LogP contribution in [0.5, 0.6) is 0 Å². The van der Waals surface area contributed by atoms with E-state index < -0.39 is 0 Å². The van der Waals surface area contributed by atoms with E-state index in [9.17, 15) is 0 Å². The van der Waals surface area contributed by atoms with Gasteiger partial charge in [-0.2, -0.15) is 0 Å². The van der Waals surface area contributed by atoms with E-state index in [4.69, 9.17) is 10.2 Å². The average molecular weight is 159 g/mol. The topological polar surface area (TPSA) is 64.9 Å². The minimum Gasteiger partial charge on any atom is -0.414 e. The molecule has 0 bridgehead atoms. The Morgan fingerprint density at radius 1 is 1.60 bits per heavy atom. The number of hydrogen-bond donors (Lipinski definition) is 1. The van der Waals surface area contributed by atoms with Gasteiger partial charge in [0.05, 0.1) is 6.04 Å². The van der Waals surface area contributed by atoms with Gasteiger partial charge in [0.1, 0.15) is 0 Å². The van der Waals surface area contributed by atoms with Crippen molar-refractivity contribution < 1.29 is 4.42 Å². The number of aromatic nitrogens is 2. The molecule has 0 aliphatic heterocycles. The van der Waals surface area contributed by atoms with Gasteiger partial charge >= 0.3 is 0 Å². The molecule has 0 fully saturated rings. The van der Waals surface area contributed by atoms with Crippen molar-refractivity contribution >= 4 is 11.8 Å². The Labute approximate surface area is 63.2 Å². The second kappa shape index (κ2) is 3.03. The Morgan fingerprint density at radius 2 is 2.30 bits per heavy atom. The van der Waals surface area contributed by atoms with Crippen molar-refractivity contribution in [2.75, 3.05) is 6.26 Å². The lowest BCUT2D eigenvalue weighted by Crippen LogP contribution is -2.04. The van der Waals surface area contributed by atoms with E-state index in [0.29, 0.717) is 11.1 Å². The zero-order chi connectivity index (χ0) is 7.56. The monoisotopic (exact) mass is 159 g/mol. The summed E-state index contributed by atoms with van der Waals surface area (Å²) in [6.45, 7) is 1.80. The number of nitrogens with zero attached hydrogens (tertiary/aromatic N) is 2. The minimum absolute atomic E-state index is 0.173. The molecular weight excluding hydrogens is 150 g/mol. The van der Waals surface area contributed by atoms with Gasteiger partial charge in [0.25, 0.3) is 5.22 Å². The van der Waals surface area contributed by atoms with Gasteiger partial charge in [-0.05, 0) is 13.2 Å². The van der Waals surface area contributed by atoms with Crippen LogP contribution in [0.25, 0.3) is 0 Å². The molecule has 0 saturated carbocycles. The van der Waals surface area contributed by atoms with E-state index in [1.165, 1.54) is 11.8 Å². The molecule has 1 aromatic heterocycles. The van der Waals surface area contributed by atoms with Crippen molar-refractivity contribution in [2.24, 2.45) is 5.73 Å². The number of nitrogens with two attached hydrogens (primary N) is 1. The van der Waals surface area contributed by atoms with E-state index in [1.807, 2.05) is 6.26 Å². The summed E-state index contributed by atoms with van der Waals surface area (Å²) >= 11 is 1.41. The number of rotatable bonds is 2. The van der Waals surface area contributed by atoms with Gasteiger partial charge in [-0.1, -0.05) is 11.8 Å². The predicted molar refractivity (Wildman–Crippen MR) is 38.7 cm³/mol. The summed E-state index contributed by atoms with van der Waals surface area (Å²) in [5, 5.41) is 8.01. The lowest BCUT2D eigenvalue weighted by molar-refractivity contribution is 0.394.